The van der Waals surface area contributed by atoms with Crippen LogP contribution in [-0.4, -0.2) is 61.3 Å². The molecule has 0 saturated carbocycles. The van der Waals surface area contributed by atoms with E-state index in [0.717, 1.165) is 52.8 Å². The zero-order chi connectivity index (χ0) is 40.5. The predicted molar refractivity (Wildman–Crippen MR) is 225 cm³/mol. The second kappa shape index (κ2) is 21.9. The van der Waals surface area contributed by atoms with E-state index in [1.165, 1.54) is 0 Å². The second-order valence-electron chi connectivity index (χ2n) is 15.0. The summed E-state index contributed by atoms with van der Waals surface area (Å²) in [5.41, 5.74) is 10.4. The first-order valence-corrected chi connectivity index (χ1v) is 20.1. The minimum Gasteiger partial charge on any atom is -0.497 e. The molecule has 302 valence electrons. The fourth-order valence-electron chi connectivity index (χ4n) is 7.58. The van der Waals surface area contributed by atoms with Crippen molar-refractivity contribution in [3.8, 4) is 11.5 Å². The van der Waals surface area contributed by atoms with Gasteiger partial charge in [0.1, 0.15) is 18.1 Å². The first-order chi connectivity index (χ1) is 27.7. The summed E-state index contributed by atoms with van der Waals surface area (Å²) in [6.07, 6.45) is 5.59. The number of nitrogens with zero attached hydrogens (tertiary/aromatic N) is 1. The maximum absolute atomic E-state index is 14.3. The number of allylic oxidation sites excluding steroid dienone is 2. The number of amides is 2. The molecule has 1 aliphatic rings. The van der Waals surface area contributed by atoms with Gasteiger partial charge in [-0.05, 0) is 85.5 Å². The molecule has 1 aliphatic carbocycles. The number of rotatable bonds is 23. The van der Waals surface area contributed by atoms with E-state index in [2.05, 4.69) is 12.2 Å². The summed E-state index contributed by atoms with van der Waals surface area (Å²) >= 11 is 0. The van der Waals surface area contributed by atoms with Crippen LogP contribution < -0.4 is 20.5 Å². The van der Waals surface area contributed by atoms with E-state index in [0.29, 0.717) is 57.2 Å². The molecule has 5 rings (SSSR count). The van der Waals surface area contributed by atoms with E-state index >= 15 is 0 Å². The molecule has 57 heavy (non-hydrogen) atoms. The van der Waals surface area contributed by atoms with Crippen molar-refractivity contribution in [1.29, 1.82) is 0 Å². The monoisotopic (exact) mass is 773 g/mol. The highest BCUT2D eigenvalue weighted by atomic mass is 16.5. The molecule has 0 aromatic heterocycles. The number of unbranched alkanes of at least 4 members (excludes halogenated alkanes) is 1. The van der Waals surface area contributed by atoms with E-state index in [-0.39, 0.29) is 18.9 Å². The van der Waals surface area contributed by atoms with Crippen LogP contribution in [0.25, 0.3) is 0 Å². The quantitative estimate of drug-likeness (QED) is 0.0665. The second-order valence-corrected chi connectivity index (χ2v) is 15.0. The van der Waals surface area contributed by atoms with Gasteiger partial charge in [-0.15, -0.1) is 0 Å². The number of hydrogen-bond donors (Lipinski definition) is 3. The number of hydrogen-bond acceptors (Lipinski definition) is 7. The van der Waals surface area contributed by atoms with Crippen LogP contribution in [0.3, 0.4) is 0 Å². The molecule has 4 aromatic rings. The summed E-state index contributed by atoms with van der Waals surface area (Å²) in [7, 11) is 1.63. The fraction of sp³-hybridized carbons (Fsp3) is 0.375. The molecule has 2 amide bonds. The van der Waals surface area contributed by atoms with Crippen molar-refractivity contribution in [2.45, 2.75) is 71.8 Å². The van der Waals surface area contributed by atoms with Crippen LogP contribution in [0.1, 0.15) is 61.8 Å². The largest absolute Gasteiger partial charge is 0.497 e. The van der Waals surface area contributed by atoms with Gasteiger partial charge in [-0.2, -0.15) is 0 Å². The molecule has 0 spiro atoms. The molecule has 0 heterocycles. The van der Waals surface area contributed by atoms with Crippen molar-refractivity contribution in [1.82, 2.24) is 10.2 Å². The van der Waals surface area contributed by atoms with Gasteiger partial charge in [0, 0.05) is 44.3 Å². The predicted octanol–water partition coefficient (Wildman–Crippen LogP) is 7.57. The van der Waals surface area contributed by atoms with Crippen molar-refractivity contribution >= 4 is 11.8 Å². The normalized spacial score (nSPS) is 16.2. The van der Waals surface area contributed by atoms with Gasteiger partial charge in [-0.1, -0.05) is 110 Å². The molecule has 4 N–H and O–H groups in total. The molecule has 0 radical (unpaired) electrons. The number of nitrogens with two attached hydrogens (primary N) is 1. The number of nitrogens with one attached hydrogen (secondary N) is 1. The topological polar surface area (TPSA) is 123 Å². The summed E-state index contributed by atoms with van der Waals surface area (Å²) in [6, 6.07) is 35.5. The zero-order valence-electron chi connectivity index (χ0n) is 33.7. The number of primary amides is 1. The Morgan fingerprint density at radius 1 is 0.842 bits per heavy atom. The SMILES string of the molecule is CCCN(CCCCOCc1ccccc1)C(=O)C1=CC(C)=CC(C(N)=O)([C@H](Cc2ccc(OCc3ccccc3)cc2)[C@@H](O)CNCc2cccc(OC)c2)C1. The van der Waals surface area contributed by atoms with Gasteiger partial charge in [-0.25, -0.2) is 0 Å². The van der Waals surface area contributed by atoms with Gasteiger partial charge in [0.25, 0.3) is 0 Å². The number of aliphatic hydroxyl groups is 1. The van der Waals surface area contributed by atoms with Gasteiger partial charge in [0.15, 0.2) is 0 Å². The highest BCUT2D eigenvalue weighted by Gasteiger charge is 2.48. The molecule has 9 heteroatoms. The highest BCUT2D eigenvalue weighted by molar-refractivity contribution is 5.97. The highest BCUT2D eigenvalue weighted by Crippen LogP contribution is 2.44. The molecule has 4 aromatic carbocycles. The lowest BCUT2D eigenvalue weighted by Crippen LogP contribution is -2.51. The summed E-state index contributed by atoms with van der Waals surface area (Å²) in [6.45, 7) is 7.39. The number of carbonyl (C=O) groups excluding carboxylic acids is 2. The van der Waals surface area contributed by atoms with Crippen molar-refractivity contribution in [2.75, 3.05) is 33.4 Å². The minimum atomic E-state index is -1.33. The Bertz CT molecular complexity index is 1910. The van der Waals surface area contributed by atoms with Crippen LogP contribution in [0.15, 0.2) is 132 Å². The Kier molecular flexibility index (Phi) is 16.5. The van der Waals surface area contributed by atoms with Gasteiger partial charge in [0.2, 0.25) is 11.8 Å². The van der Waals surface area contributed by atoms with Gasteiger partial charge in [-0.3, -0.25) is 9.59 Å². The number of aliphatic hydroxyl groups excluding tert-OH is 1. The van der Waals surface area contributed by atoms with Crippen LogP contribution in [0.4, 0.5) is 0 Å². The average molecular weight is 774 g/mol. The standard InChI is InChI=1S/C48H59N3O6/c1-4-24-51(25-11-12-26-56-34-38-14-7-5-8-15-38)46(53)41-27-36(2)30-48(31-41,47(49)54)44(45(52)33-50-32-40-18-13-19-43(28-40)55-3)29-37-20-22-42(23-21-37)57-35-39-16-9-6-10-17-39/h5-10,13-23,27-28,30,44-45,50,52H,4,11-12,24-26,29,31-35H2,1-3H3,(H2,49,54)/t44-,45+,48?/m1/s1. The number of carbonyl (C=O) groups is 2. The lowest BCUT2D eigenvalue weighted by molar-refractivity contribution is -0.132. The van der Waals surface area contributed by atoms with Crippen molar-refractivity contribution in [3.63, 3.8) is 0 Å². The summed E-state index contributed by atoms with van der Waals surface area (Å²) in [5, 5.41) is 15.5. The molecule has 0 saturated heterocycles. The summed E-state index contributed by atoms with van der Waals surface area (Å²) in [5.74, 6) is 0.128. The fourth-order valence-corrected chi connectivity index (χ4v) is 7.58. The third kappa shape index (κ3) is 12.6. The van der Waals surface area contributed by atoms with Crippen LogP contribution in [0, 0.1) is 11.3 Å². The lowest BCUT2D eigenvalue weighted by atomic mass is 9.63. The van der Waals surface area contributed by atoms with E-state index in [9.17, 15) is 14.7 Å². The van der Waals surface area contributed by atoms with Gasteiger partial charge < -0.3 is 35.3 Å². The first kappa shape index (κ1) is 42.9. The Labute approximate surface area is 338 Å². The molecule has 1 unspecified atom stereocenters. The maximum atomic E-state index is 14.3. The zero-order valence-corrected chi connectivity index (χ0v) is 33.7. The number of ether oxygens (including phenoxy) is 3. The van der Waals surface area contributed by atoms with E-state index < -0.39 is 23.3 Å². The van der Waals surface area contributed by atoms with E-state index in [1.807, 2.05) is 133 Å². The molecule has 0 aliphatic heterocycles. The molecule has 0 bridgehead atoms. The molecule has 9 nitrogen and oxygen atoms in total. The van der Waals surface area contributed by atoms with E-state index in [4.69, 9.17) is 19.9 Å². The Morgan fingerprint density at radius 2 is 1.53 bits per heavy atom. The van der Waals surface area contributed by atoms with Crippen LogP contribution in [0.5, 0.6) is 11.5 Å². The van der Waals surface area contributed by atoms with E-state index in [1.54, 1.807) is 7.11 Å². The van der Waals surface area contributed by atoms with Gasteiger partial charge >= 0.3 is 0 Å². The van der Waals surface area contributed by atoms with Crippen molar-refractivity contribution in [2.24, 2.45) is 17.1 Å². The van der Waals surface area contributed by atoms with Crippen LogP contribution in [0.2, 0.25) is 0 Å². The molecule has 0 fully saturated rings. The summed E-state index contributed by atoms with van der Waals surface area (Å²) in [4.78, 5) is 30.1. The lowest BCUT2D eigenvalue weighted by Gasteiger charge is -2.42. The van der Waals surface area contributed by atoms with Crippen molar-refractivity contribution < 1.29 is 28.9 Å². The Hall–Kier alpha value is -5.22. The van der Waals surface area contributed by atoms with Crippen LogP contribution >= 0.6 is 0 Å². The molecule has 3 atom stereocenters. The minimum absolute atomic E-state index is 0.0921. The third-order valence-corrected chi connectivity index (χ3v) is 10.5. The summed E-state index contributed by atoms with van der Waals surface area (Å²) < 4.78 is 17.3. The Morgan fingerprint density at radius 3 is 2.19 bits per heavy atom. The Balaban J connectivity index is 1.32. The first-order valence-electron chi connectivity index (χ1n) is 20.1. The number of benzene rings is 4. The molecular formula is C48H59N3O6. The van der Waals surface area contributed by atoms with Crippen molar-refractivity contribution in [3.05, 3.63) is 155 Å². The van der Waals surface area contributed by atoms with Crippen LogP contribution in [-0.2, 0) is 40.5 Å². The number of methoxy groups -OCH3 is 1. The maximum Gasteiger partial charge on any atom is 0.249 e. The molecular weight excluding hydrogens is 715 g/mol. The average Bonchev–Trinajstić information content (AvgIpc) is 3.23. The third-order valence-electron chi connectivity index (χ3n) is 10.5. The smallest absolute Gasteiger partial charge is 0.249 e. The van der Waals surface area contributed by atoms with Gasteiger partial charge in [0.05, 0.1) is 25.2 Å².